The van der Waals surface area contributed by atoms with Gasteiger partial charge in [-0.15, -0.1) is 11.6 Å². The highest BCUT2D eigenvalue weighted by atomic mass is 35.5. The predicted octanol–water partition coefficient (Wildman–Crippen LogP) is 1.38. The molecule has 0 aliphatic heterocycles. The summed E-state index contributed by atoms with van der Waals surface area (Å²) < 4.78 is 18.8. The van der Waals surface area contributed by atoms with Crippen molar-refractivity contribution in [3.63, 3.8) is 0 Å². The number of aryl methyl sites for hydroxylation is 1. The van der Waals surface area contributed by atoms with Gasteiger partial charge in [-0.25, -0.2) is 9.97 Å². The van der Waals surface area contributed by atoms with Crippen LogP contribution in [-0.2, 0) is 23.8 Å². The molecule has 0 aliphatic carbocycles. The van der Waals surface area contributed by atoms with Gasteiger partial charge in [0.15, 0.2) is 11.2 Å². The number of alkyl halides is 1. The van der Waals surface area contributed by atoms with Gasteiger partial charge in [0.2, 0.25) is 5.88 Å². The highest BCUT2D eigenvalue weighted by molar-refractivity contribution is 7.84. The fraction of sp³-hybridized carbons (Fsp3) is 0.583. The first-order chi connectivity index (χ1) is 9.58. The van der Waals surface area contributed by atoms with E-state index in [1.807, 2.05) is 11.5 Å². The smallest absolute Gasteiger partial charge is 0.245 e. The average molecular weight is 317 g/mol. The fourth-order valence-corrected chi connectivity index (χ4v) is 2.47. The van der Waals surface area contributed by atoms with Crippen molar-refractivity contribution in [3.05, 3.63) is 12.2 Å². The second-order valence-corrected chi connectivity index (χ2v) is 6.62. The van der Waals surface area contributed by atoms with Gasteiger partial charge in [-0.05, 0) is 6.92 Å². The second kappa shape index (κ2) is 6.49. The third-order valence-corrected chi connectivity index (χ3v) is 4.57. The molecular formula is C12H17ClN4O2S. The Morgan fingerprint density at radius 3 is 2.85 bits per heavy atom. The summed E-state index contributed by atoms with van der Waals surface area (Å²) in [5.41, 5.74) is 1.30. The number of nitrogens with zero attached hydrogens (tertiary/aromatic N) is 4. The molecule has 0 N–H and O–H groups in total. The molecule has 20 heavy (non-hydrogen) atoms. The molecule has 0 bridgehead atoms. The molecule has 0 saturated heterocycles. The van der Waals surface area contributed by atoms with E-state index in [4.69, 9.17) is 16.3 Å². The summed E-state index contributed by atoms with van der Waals surface area (Å²) in [7, 11) is 0.634. The monoisotopic (exact) mass is 316 g/mol. The molecule has 2 rings (SSSR count). The molecule has 0 aliphatic rings. The summed E-state index contributed by atoms with van der Waals surface area (Å²) in [5, 5.41) is 0.00226. The van der Waals surface area contributed by atoms with Crippen LogP contribution in [0.25, 0.3) is 11.2 Å². The van der Waals surface area contributed by atoms with Crippen LogP contribution in [0.15, 0.2) is 6.33 Å². The molecule has 0 radical (unpaired) electrons. The molecule has 0 saturated carbocycles. The maximum atomic E-state index is 11.6. The Bertz CT molecular complexity index is 631. The highest BCUT2D eigenvalue weighted by Gasteiger charge is 2.18. The van der Waals surface area contributed by atoms with Gasteiger partial charge < -0.3 is 9.30 Å². The summed E-state index contributed by atoms with van der Waals surface area (Å²) in [6.07, 6.45) is 3.75. The molecule has 2 unspecified atom stereocenters. The lowest BCUT2D eigenvalue weighted by molar-refractivity contribution is 0.401. The SMILES string of the molecule is COc1ncnc2c1nc(CCCl)n2CC(C)S(C)=O. The van der Waals surface area contributed by atoms with E-state index in [1.54, 1.807) is 13.4 Å². The van der Waals surface area contributed by atoms with E-state index >= 15 is 0 Å². The minimum absolute atomic E-state index is 0.00226. The first-order valence-corrected chi connectivity index (χ1v) is 8.36. The lowest BCUT2D eigenvalue weighted by Crippen LogP contribution is -2.19. The molecule has 0 amide bonds. The van der Waals surface area contributed by atoms with Crippen LogP contribution < -0.4 is 4.74 Å². The Labute approximate surface area is 125 Å². The molecule has 110 valence electrons. The molecule has 0 spiro atoms. The summed E-state index contributed by atoms with van der Waals surface area (Å²) in [5.74, 6) is 1.71. The first-order valence-electron chi connectivity index (χ1n) is 6.20. The minimum atomic E-state index is -0.913. The van der Waals surface area contributed by atoms with Crippen molar-refractivity contribution in [2.45, 2.75) is 25.1 Å². The number of hydrogen-bond acceptors (Lipinski definition) is 5. The Kier molecular flexibility index (Phi) is 4.93. The van der Waals surface area contributed by atoms with Crippen LogP contribution in [0.1, 0.15) is 12.7 Å². The van der Waals surface area contributed by atoms with Crippen molar-refractivity contribution in [2.75, 3.05) is 19.2 Å². The standard InChI is InChI=1S/C12H17ClN4O2S/c1-8(20(3)18)6-17-9(4-5-13)16-10-11(17)14-7-15-12(10)19-2/h7-8H,4-6H2,1-3H3. The third-order valence-electron chi connectivity index (χ3n) is 3.10. The van der Waals surface area contributed by atoms with Gasteiger partial charge in [0.25, 0.3) is 0 Å². The fourth-order valence-electron chi connectivity index (χ4n) is 1.94. The van der Waals surface area contributed by atoms with Crippen molar-refractivity contribution < 1.29 is 8.95 Å². The van der Waals surface area contributed by atoms with Crippen LogP contribution in [0.2, 0.25) is 0 Å². The van der Waals surface area contributed by atoms with Gasteiger partial charge in [0.05, 0.1) is 7.11 Å². The number of halogens is 1. The van der Waals surface area contributed by atoms with Crippen molar-refractivity contribution in [3.8, 4) is 5.88 Å². The number of rotatable bonds is 6. The first kappa shape index (κ1) is 15.2. The molecule has 0 fully saturated rings. The van der Waals surface area contributed by atoms with Crippen LogP contribution in [0, 0.1) is 0 Å². The number of methoxy groups -OCH3 is 1. The van der Waals surface area contributed by atoms with Gasteiger partial charge >= 0.3 is 0 Å². The summed E-state index contributed by atoms with van der Waals surface area (Å²) in [6.45, 7) is 2.51. The lowest BCUT2D eigenvalue weighted by atomic mass is 10.4. The van der Waals surface area contributed by atoms with E-state index in [0.717, 1.165) is 5.82 Å². The summed E-state index contributed by atoms with van der Waals surface area (Å²) in [6, 6.07) is 0. The second-order valence-electron chi connectivity index (χ2n) is 4.44. The maximum absolute atomic E-state index is 11.6. The predicted molar refractivity (Wildman–Crippen MR) is 79.8 cm³/mol. The van der Waals surface area contributed by atoms with Gasteiger partial charge in [-0.3, -0.25) is 4.21 Å². The highest BCUT2D eigenvalue weighted by Crippen LogP contribution is 2.22. The van der Waals surface area contributed by atoms with Crippen LogP contribution in [-0.4, -0.2) is 48.2 Å². The van der Waals surface area contributed by atoms with Gasteiger partial charge in [0, 0.05) is 41.2 Å². The summed E-state index contributed by atoms with van der Waals surface area (Å²) >= 11 is 5.83. The molecular weight excluding hydrogens is 300 g/mol. The van der Waals surface area contributed by atoms with E-state index < -0.39 is 10.8 Å². The zero-order chi connectivity index (χ0) is 14.7. The minimum Gasteiger partial charge on any atom is -0.479 e. The molecule has 8 heteroatoms. The Morgan fingerprint density at radius 1 is 1.50 bits per heavy atom. The lowest BCUT2D eigenvalue weighted by Gasteiger charge is -2.12. The molecule has 2 heterocycles. The van der Waals surface area contributed by atoms with Crippen molar-refractivity contribution in [1.82, 2.24) is 19.5 Å². The normalized spacial score (nSPS) is 14.4. The van der Waals surface area contributed by atoms with Crippen molar-refractivity contribution in [2.24, 2.45) is 0 Å². The van der Waals surface area contributed by atoms with Gasteiger partial charge in [0.1, 0.15) is 12.2 Å². The van der Waals surface area contributed by atoms with E-state index in [9.17, 15) is 4.21 Å². The van der Waals surface area contributed by atoms with Gasteiger partial charge in [-0.2, -0.15) is 4.98 Å². The topological polar surface area (TPSA) is 69.9 Å². The molecule has 2 aromatic heterocycles. The number of fused-ring (bicyclic) bond motifs is 1. The van der Waals surface area contributed by atoms with Crippen LogP contribution in [0.3, 0.4) is 0 Å². The Morgan fingerprint density at radius 2 is 2.25 bits per heavy atom. The van der Waals surface area contributed by atoms with Crippen LogP contribution >= 0.6 is 11.6 Å². The van der Waals surface area contributed by atoms with E-state index in [1.165, 1.54) is 6.33 Å². The number of ether oxygens (including phenoxy) is 1. The zero-order valence-electron chi connectivity index (χ0n) is 11.7. The Hall–Kier alpha value is -1.21. The van der Waals surface area contributed by atoms with E-state index in [-0.39, 0.29) is 5.25 Å². The van der Waals surface area contributed by atoms with Crippen LogP contribution in [0.5, 0.6) is 5.88 Å². The van der Waals surface area contributed by atoms with Gasteiger partial charge in [-0.1, -0.05) is 0 Å². The third kappa shape index (κ3) is 2.93. The quantitative estimate of drug-likeness (QED) is 0.753. The maximum Gasteiger partial charge on any atom is 0.245 e. The van der Waals surface area contributed by atoms with Crippen molar-refractivity contribution >= 4 is 33.6 Å². The number of hydrogen-bond donors (Lipinski definition) is 0. The van der Waals surface area contributed by atoms with E-state index in [0.29, 0.717) is 35.9 Å². The average Bonchev–Trinajstić information content (AvgIpc) is 2.77. The largest absolute Gasteiger partial charge is 0.479 e. The summed E-state index contributed by atoms with van der Waals surface area (Å²) in [4.78, 5) is 12.8. The molecule has 0 aromatic carbocycles. The molecule has 6 nitrogen and oxygen atoms in total. The molecule has 2 aromatic rings. The Balaban J connectivity index is 2.54. The van der Waals surface area contributed by atoms with E-state index in [2.05, 4.69) is 15.0 Å². The number of imidazole rings is 1. The number of aromatic nitrogens is 4. The van der Waals surface area contributed by atoms with Crippen molar-refractivity contribution in [1.29, 1.82) is 0 Å². The molecule has 2 atom stereocenters. The van der Waals surface area contributed by atoms with Crippen LogP contribution in [0.4, 0.5) is 0 Å². The zero-order valence-corrected chi connectivity index (χ0v) is 13.2.